The summed E-state index contributed by atoms with van der Waals surface area (Å²) >= 11 is 0. The van der Waals surface area contributed by atoms with Gasteiger partial charge in [0.1, 0.15) is 6.33 Å². The van der Waals surface area contributed by atoms with Crippen LogP contribution in [0.2, 0.25) is 0 Å². The zero-order valence-corrected chi connectivity index (χ0v) is 6.45. The van der Waals surface area contributed by atoms with Crippen LogP contribution >= 0.6 is 0 Å². The Balaban J connectivity index is 2.25. The van der Waals surface area contributed by atoms with Gasteiger partial charge in [-0.2, -0.15) is 0 Å². The van der Waals surface area contributed by atoms with Gasteiger partial charge in [0.05, 0.1) is 0 Å². The summed E-state index contributed by atoms with van der Waals surface area (Å²) in [5, 5.41) is 7.46. The minimum absolute atomic E-state index is 0.814. The number of hydrogen-bond acceptors (Lipinski definition) is 2. The maximum Gasteiger partial charge on any atom is 0.153 e. The number of aromatic nitrogens is 3. The number of hydrogen-bond donors (Lipinski definition) is 1. The third-order valence-electron chi connectivity index (χ3n) is 1.33. The second kappa shape index (κ2) is 4.66. The van der Waals surface area contributed by atoms with Crippen LogP contribution in [-0.4, -0.2) is 15.2 Å². The first-order valence-corrected chi connectivity index (χ1v) is 3.75. The van der Waals surface area contributed by atoms with Crippen LogP contribution in [-0.2, 0) is 0 Å². The summed E-state index contributed by atoms with van der Waals surface area (Å²) in [5.74, 6) is 0.814. The van der Waals surface area contributed by atoms with Gasteiger partial charge >= 0.3 is 0 Å². The van der Waals surface area contributed by atoms with Crippen LogP contribution < -0.4 is 0 Å². The van der Waals surface area contributed by atoms with Gasteiger partial charge in [-0.1, -0.05) is 19.4 Å². The monoisotopic (exact) mass is 150 g/mol. The zero-order chi connectivity index (χ0) is 7.94. The van der Waals surface area contributed by atoms with Crippen LogP contribution in [0.4, 0.5) is 0 Å². The van der Waals surface area contributed by atoms with Crippen molar-refractivity contribution in [3.05, 3.63) is 25.2 Å². The third-order valence-corrected chi connectivity index (χ3v) is 1.33. The van der Waals surface area contributed by atoms with Crippen LogP contribution in [0.15, 0.2) is 12.4 Å². The molecule has 1 rings (SSSR count). The molecule has 1 aromatic heterocycles. The van der Waals surface area contributed by atoms with Gasteiger partial charge in [-0.05, 0) is 18.9 Å². The molecule has 0 aromatic carbocycles. The van der Waals surface area contributed by atoms with E-state index >= 15 is 0 Å². The maximum atomic E-state index is 3.81. The van der Waals surface area contributed by atoms with Crippen molar-refractivity contribution in [2.75, 3.05) is 0 Å². The molecule has 11 heavy (non-hydrogen) atoms. The average Bonchev–Trinajstić information content (AvgIpc) is 2.50. The average molecular weight is 150 g/mol. The largest absolute Gasteiger partial charge is 0.328 e. The molecule has 0 atom stereocenters. The lowest BCUT2D eigenvalue weighted by Crippen LogP contribution is -1.74. The Morgan fingerprint density at radius 1 is 1.64 bits per heavy atom. The number of nitrogens with zero attached hydrogens (tertiary/aromatic N) is 2. The molecule has 0 unspecified atom stereocenters. The molecule has 0 aliphatic carbocycles. The summed E-state index contributed by atoms with van der Waals surface area (Å²) in [7, 11) is 0. The lowest BCUT2D eigenvalue weighted by atomic mass is 10.2. The van der Waals surface area contributed by atoms with E-state index in [4.69, 9.17) is 0 Å². The minimum atomic E-state index is 0.814. The first-order valence-electron chi connectivity index (χ1n) is 3.75. The molecular formula is C8H12N3. The summed E-state index contributed by atoms with van der Waals surface area (Å²) in [4.78, 5) is 2.89. The SMILES string of the molecule is [CH2]CCCC=Cc1nnc[nH]1. The second-order valence-electron chi connectivity index (χ2n) is 2.27. The first-order chi connectivity index (χ1) is 5.43. The second-order valence-corrected chi connectivity index (χ2v) is 2.27. The molecule has 0 amide bonds. The number of H-pyrrole nitrogens is 1. The van der Waals surface area contributed by atoms with Gasteiger partial charge in [0, 0.05) is 0 Å². The predicted octanol–water partition coefficient (Wildman–Crippen LogP) is 1.82. The lowest BCUT2D eigenvalue weighted by Gasteiger charge is -1.86. The lowest BCUT2D eigenvalue weighted by molar-refractivity contribution is 0.868. The Bertz CT molecular complexity index is 201. The Hall–Kier alpha value is -1.12. The van der Waals surface area contributed by atoms with E-state index in [-0.39, 0.29) is 0 Å². The fourth-order valence-corrected chi connectivity index (χ4v) is 0.754. The molecule has 0 fully saturated rings. The molecule has 1 heterocycles. The number of nitrogens with one attached hydrogen (secondary N) is 1. The van der Waals surface area contributed by atoms with Gasteiger partial charge in [-0.3, -0.25) is 0 Å². The van der Waals surface area contributed by atoms with Crippen molar-refractivity contribution in [3.8, 4) is 0 Å². The Morgan fingerprint density at radius 2 is 2.55 bits per heavy atom. The van der Waals surface area contributed by atoms with E-state index < -0.39 is 0 Å². The van der Waals surface area contributed by atoms with Crippen LogP contribution in [0.3, 0.4) is 0 Å². The van der Waals surface area contributed by atoms with Crippen LogP contribution in [0.5, 0.6) is 0 Å². The van der Waals surface area contributed by atoms with Gasteiger partial charge in [0.2, 0.25) is 0 Å². The van der Waals surface area contributed by atoms with E-state index in [1.54, 1.807) is 6.33 Å². The van der Waals surface area contributed by atoms with Crippen molar-refractivity contribution in [1.82, 2.24) is 15.2 Å². The number of allylic oxidation sites excluding steroid dienone is 1. The standard InChI is InChI=1S/C8H12N3/c1-2-3-4-5-6-8-9-7-10-11-8/h5-7H,1-4H2,(H,9,10,11). The summed E-state index contributed by atoms with van der Waals surface area (Å²) in [6.07, 6.45) is 8.75. The van der Waals surface area contributed by atoms with Crippen molar-refractivity contribution in [1.29, 1.82) is 0 Å². The fraction of sp³-hybridized carbons (Fsp3) is 0.375. The highest BCUT2D eigenvalue weighted by Crippen LogP contribution is 1.97. The highest BCUT2D eigenvalue weighted by atomic mass is 15.2. The molecule has 0 aliphatic rings. The predicted molar refractivity (Wildman–Crippen MR) is 44.6 cm³/mol. The van der Waals surface area contributed by atoms with Crippen LogP contribution in [0.25, 0.3) is 6.08 Å². The molecule has 0 saturated heterocycles. The zero-order valence-electron chi connectivity index (χ0n) is 6.45. The quantitative estimate of drug-likeness (QED) is 0.665. The fourth-order valence-electron chi connectivity index (χ4n) is 0.754. The Morgan fingerprint density at radius 3 is 3.18 bits per heavy atom. The van der Waals surface area contributed by atoms with E-state index in [2.05, 4.69) is 28.2 Å². The number of aromatic amines is 1. The van der Waals surface area contributed by atoms with Crippen LogP contribution in [0.1, 0.15) is 25.1 Å². The molecule has 1 N–H and O–H groups in total. The van der Waals surface area contributed by atoms with Gasteiger partial charge in [0.15, 0.2) is 5.82 Å². The highest BCUT2D eigenvalue weighted by molar-refractivity contribution is 5.37. The normalized spacial score (nSPS) is 11.0. The summed E-state index contributed by atoms with van der Waals surface area (Å²) < 4.78 is 0. The van der Waals surface area contributed by atoms with Gasteiger partial charge in [-0.25, -0.2) is 0 Å². The van der Waals surface area contributed by atoms with E-state index in [1.807, 2.05) is 6.08 Å². The molecule has 1 aromatic rings. The van der Waals surface area contributed by atoms with E-state index in [0.717, 1.165) is 25.1 Å². The van der Waals surface area contributed by atoms with Gasteiger partial charge < -0.3 is 4.98 Å². The number of rotatable bonds is 4. The molecule has 0 saturated carbocycles. The molecular weight excluding hydrogens is 138 g/mol. The van der Waals surface area contributed by atoms with Crippen molar-refractivity contribution < 1.29 is 0 Å². The molecule has 0 aliphatic heterocycles. The van der Waals surface area contributed by atoms with E-state index in [9.17, 15) is 0 Å². The maximum absolute atomic E-state index is 3.81. The van der Waals surface area contributed by atoms with E-state index in [1.165, 1.54) is 0 Å². The third kappa shape index (κ3) is 2.98. The summed E-state index contributed by atoms with van der Waals surface area (Å²) in [6, 6.07) is 0. The van der Waals surface area contributed by atoms with Crippen molar-refractivity contribution in [3.63, 3.8) is 0 Å². The molecule has 0 spiro atoms. The summed E-state index contributed by atoms with van der Waals surface area (Å²) in [5.41, 5.74) is 0. The Kier molecular flexibility index (Phi) is 3.38. The van der Waals surface area contributed by atoms with Crippen LogP contribution in [0, 0.1) is 6.92 Å². The highest BCUT2D eigenvalue weighted by Gasteiger charge is 1.85. The molecule has 3 nitrogen and oxygen atoms in total. The Labute approximate surface area is 66.5 Å². The molecule has 1 radical (unpaired) electrons. The van der Waals surface area contributed by atoms with Gasteiger partial charge in [0.25, 0.3) is 0 Å². The number of unbranched alkanes of at least 4 members (excludes halogenated alkanes) is 2. The van der Waals surface area contributed by atoms with Crippen molar-refractivity contribution in [2.45, 2.75) is 19.3 Å². The molecule has 3 heteroatoms. The molecule has 0 bridgehead atoms. The van der Waals surface area contributed by atoms with Crippen molar-refractivity contribution in [2.24, 2.45) is 0 Å². The summed E-state index contributed by atoms with van der Waals surface area (Å²) in [6.45, 7) is 3.75. The van der Waals surface area contributed by atoms with Gasteiger partial charge in [-0.15, -0.1) is 10.2 Å². The first kappa shape index (κ1) is 7.98. The smallest absolute Gasteiger partial charge is 0.153 e. The minimum Gasteiger partial charge on any atom is -0.328 e. The topological polar surface area (TPSA) is 41.6 Å². The molecule has 59 valence electrons. The van der Waals surface area contributed by atoms with E-state index in [0.29, 0.717) is 0 Å². The van der Waals surface area contributed by atoms with Crippen molar-refractivity contribution >= 4 is 6.08 Å².